The lowest BCUT2D eigenvalue weighted by atomic mass is 10.1. The number of nitrogens with two attached hydrogens (primary N) is 1. The fraction of sp³-hybridized carbons (Fsp3) is 0.643. The van der Waals surface area contributed by atoms with Crippen LogP contribution in [0, 0.1) is 19.8 Å². The van der Waals surface area contributed by atoms with Crippen molar-refractivity contribution in [2.24, 2.45) is 11.7 Å². The summed E-state index contributed by atoms with van der Waals surface area (Å²) in [7, 11) is 0. The van der Waals surface area contributed by atoms with Crippen molar-refractivity contribution in [2.45, 2.75) is 47.1 Å². The number of pyridine rings is 1. The molecule has 1 aromatic rings. The van der Waals surface area contributed by atoms with E-state index in [1.807, 2.05) is 19.9 Å². The quantitative estimate of drug-likeness (QED) is 0.772. The Morgan fingerprint density at radius 2 is 2.06 bits per heavy atom. The third-order valence-electron chi connectivity index (χ3n) is 2.81. The summed E-state index contributed by atoms with van der Waals surface area (Å²) >= 11 is 0. The largest absolute Gasteiger partial charge is 0.493 e. The molecule has 0 unspecified atom stereocenters. The highest BCUT2D eigenvalue weighted by atomic mass is 16.5. The SMILES string of the molecule is Cc1cc(OCCCC(C)C)c(CN)c(C)n1. The standard InChI is InChI=1S/C14H24N2O/c1-10(2)6-5-7-17-14-8-11(3)16-12(4)13(14)9-15/h8,10H,5-7,9,15H2,1-4H3. The van der Waals surface area contributed by atoms with Gasteiger partial charge in [-0.25, -0.2) is 0 Å². The van der Waals surface area contributed by atoms with Gasteiger partial charge in [0.25, 0.3) is 0 Å². The van der Waals surface area contributed by atoms with Crippen LogP contribution in [0.15, 0.2) is 6.07 Å². The monoisotopic (exact) mass is 236 g/mol. The molecule has 0 aromatic carbocycles. The Bertz CT molecular complexity index is 361. The van der Waals surface area contributed by atoms with Crippen LogP contribution in [0.3, 0.4) is 0 Å². The fourth-order valence-electron chi connectivity index (χ4n) is 1.87. The molecule has 0 atom stereocenters. The lowest BCUT2D eigenvalue weighted by Gasteiger charge is -2.13. The summed E-state index contributed by atoms with van der Waals surface area (Å²) in [6.45, 7) is 9.66. The van der Waals surface area contributed by atoms with Crippen molar-refractivity contribution in [1.82, 2.24) is 4.98 Å². The van der Waals surface area contributed by atoms with E-state index in [4.69, 9.17) is 10.5 Å². The van der Waals surface area contributed by atoms with E-state index in [9.17, 15) is 0 Å². The van der Waals surface area contributed by atoms with Gasteiger partial charge in [-0.3, -0.25) is 4.98 Å². The summed E-state index contributed by atoms with van der Waals surface area (Å²) in [6.07, 6.45) is 2.28. The van der Waals surface area contributed by atoms with Gasteiger partial charge in [0.2, 0.25) is 0 Å². The van der Waals surface area contributed by atoms with Crippen molar-refractivity contribution in [2.75, 3.05) is 6.61 Å². The van der Waals surface area contributed by atoms with Gasteiger partial charge in [0.05, 0.1) is 6.61 Å². The van der Waals surface area contributed by atoms with Crippen LogP contribution in [0.2, 0.25) is 0 Å². The molecular formula is C14H24N2O. The van der Waals surface area contributed by atoms with Crippen molar-refractivity contribution in [1.29, 1.82) is 0 Å². The smallest absolute Gasteiger partial charge is 0.127 e. The highest BCUT2D eigenvalue weighted by Gasteiger charge is 2.08. The van der Waals surface area contributed by atoms with Gasteiger partial charge in [-0.05, 0) is 32.6 Å². The number of aryl methyl sites for hydroxylation is 2. The van der Waals surface area contributed by atoms with Gasteiger partial charge < -0.3 is 10.5 Å². The molecule has 2 N–H and O–H groups in total. The Morgan fingerprint density at radius 3 is 2.65 bits per heavy atom. The Morgan fingerprint density at radius 1 is 1.35 bits per heavy atom. The highest BCUT2D eigenvalue weighted by molar-refractivity contribution is 5.37. The first-order chi connectivity index (χ1) is 8.04. The highest BCUT2D eigenvalue weighted by Crippen LogP contribution is 2.22. The van der Waals surface area contributed by atoms with E-state index in [2.05, 4.69) is 18.8 Å². The zero-order valence-corrected chi connectivity index (χ0v) is 11.4. The van der Waals surface area contributed by atoms with Gasteiger partial charge in [-0.2, -0.15) is 0 Å². The molecule has 0 spiro atoms. The third-order valence-corrected chi connectivity index (χ3v) is 2.81. The summed E-state index contributed by atoms with van der Waals surface area (Å²) < 4.78 is 5.82. The van der Waals surface area contributed by atoms with Crippen LogP contribution < -0.4 is 10.5 Å². The van der Waals surface area contributed by atoms with Crippen molar-refractivity contribution in [3.05, 3.63) is 23.0 Å². The Balaban J connectivity index is 2.63. The molecule has 0 aliphatic rings. The minimum atomic E-state index is 0.485. The average molecular weight is 236 g/mol. The van der Waals surface area contributed by atoms with Crippen molar-refractivity contribution < 1.29 is 4.74 Å². The first-order valence-electron chi connectivity index (χ1n) is 6.34. The van der Waals surface area contributed by atoms with E-state index in [0.29, 0.717) is 6.54 Å². The lowest BCUT2D eigenvalue weighted by Crippen LogP contribution is -2.08. The minimum Gasteiger partial charge on any atom is -0.493 e. The molecule has 1 heterocycles. The molecule has 0 bridgehead atoms. The molecule has 3 heteroatoms. The third kappa shape index (κ3) is 4.35. The second-order valence-electron chi connectivity index (χ2n) is 4.91. The fourth-order valence-corrected chi connectivity index (χ4v) is 1.87. The van der Waals surface area contributed by atoms with Crippen LogP contribution in [0.25, 0.3) is 0 Å². The Hall–Kier alpha value is -1.09. The van der Waals surface area contributed by atoms with E-state index in [1.165, 1.54) is 6.42 Å². The van der Waals surface area contributed by atoms with Crippen LogP contribution in [-0.2, 0) is 6.54 Å². The first-order valence-corrected chi connectivity index (χ1v) is 6.34. The summed E-state index contributed by atoms with van der Waals surface area (Å²) in [4.78, 5) is 4.40. The van der Waals surface area contributed by atoms with Gasteiger partial charge in [-0.1, -0.05) is 13.8 Å². The maximum Gasteiger partial charge on any atom is 0.127 e. The van der Waals surface area contributed by atoms with Crippen LogP contribution in [0.1, 0.15) is 43.6 Å². The number of rotatable bonds is 6. The predicted molar refractivity (Wildman–Crippen MR) is 71.2 cm³/mol. The molecule has 17 heavy (non-hydrogen) atoms. The average Bonchev–Trinajstić information content (AvgIpc) is 2.23. The molecular weight excluding hydrogens is 212 g/mol. The lowest BCUT2D eigenvalue weighted by molar-refractivity contribution is 0.294. The van der Waals surface area contributed by atoms with Crippen LogP contribution in [0.4, 0.5) is 0 Å². The molecule has 3 nitrogen and oxygen atoms in total. The van der Waals surface area contributed by atoms with E-state index < -0.39 is 0 Å². The van der Waals surface area contributed by atoms with Gasteiger partial charge in [-0.15, -0.1) is 0 Å². The van der Waals surface area contributed by atoms with Crippen molar-refractivity contribution in [3.8, 4) is 5.75 Å². The van der Waals surface area contributed by atoms with Gasteiger partial charge in [0.15, 0.2) is 0 Å². The summed E-state index contributed by atoms with van der Waals surface area (Å²) in [5.41, 5.74) is 8.72. The van der Waals surface area contributed by atoms with Crippen molar-refractivity contribution in [3.63, 3.8) is 0 Å². The number of hydrogen-bond acceptors (Lipinski definition) is 3. The van der Waals surface area contributed by atoms with E-state index in [-0.39, 0.29) is 0 Å². The normalized spacial score (nSPS) is 10.9. The summed E-state index contributed by atoms with van der Waals surface area (Å²) in [5, 5.41) is 0. The first kappa shape index (κ1) is 14.0. The maximum atomic E-state index is 5.82. The molecule has 96 valence electrons. The number of aromatic nitrogens is 1. The number of nitrogens with zero attached hydrogens (tertiary/aromatic N) is 1. The second kappa shape index (κ2) is 6.60. The second-order valence-corrected chi connectivity index (χ2v) is 4.91. The topological polar surface area (TPSA) is 48.1 Å². The van der Waals surface area contributed by atoms with Gasteiger partial charge in [0.1, 0.15) is 5.75 Å². The zero-order chi connectivity index (χ0) is 12.8. The molecule has 1 aromatic heterocycles. The molecule has 0 aliphatic heterocycles. The van der Waals surface area contributed by atoms with Crippen molar-refractivity contribution >= 4 is 0 Å². The zero-order valence-electron chi connectivity index (χ0n) is 11.4. The van der Waals surface area contributed by atoms with Gasteiger partial charge >= 0.3 is 0 Å². The number of ether oxygens (including phenoxy) is 1. The molecule has 1 rings (SSSR count). The minimum absolute atomic E-state index is 0.485. The van der Waals surface area contributed by atoms with Crippen LogP contribution >= 0.6 is 0 Å². The molecule has 0 aliphatic carbocycles. The number of hydrogen-bond donors (Lipinski definition) is 1. The summed E-state index contributed by atoms with van der Waals surface area (Å²) in [5.74, 6) is 1.63. The Kier molecular flexibility index (Phi) is 5.42. The Labute approximate surface area is 104 Å². The molecule has 0 saturated carbocycles. The molecule has 0 fully saturated rings. The van der Waals surface area contributed by atoms with Gasteiger partial charge in [0, 0.05) is 29.6 Å². The molecule has 0 radical (unpaired) electrons. The maximum absolute atomic E-state index is 5.82. The molecule has 0 saturated heterocycles. The van der Waals surface area contributed by atoms with Crippen LogP contribution in [0.5, 0.6) is 5.75 Å². The van der Waals surface area contributed by atoms with E-state index >= 15 is 0 Å². The van der Waals surface area contributed by atoms with Crippen LogP contribution in [-0.4, -0.2) is 11.6 Å². The van der Waals surface area contributed by atoms with E-state index in [0.717, 1.165) is 41.6 Å². The molecule has 0 amide bonds. The van der Waals surface area contributed by atoms with E-state index in [1.54, 1.807) is 0 Å². The summed E-state index contributed by atoms with van der Waals surface area (Å²) in [6, 6.07) is 1.98. The predicted octanol–water partition coefficient (Wildman–Crippen LogP) is 2.97.